The number of esters is 1. The molecule has 0 saturated carbocycles. The third-order valence-electron chi connectivity index (χ3n) is 2.18. The minimum Gasteiger partial charge on any atom is -0.467 e. The van der Waals surface area contributed by atoms with E-state index in [9.17, 15) is 18.3 Å². The second-order valence-corrected chi connectivity index (χ2v) is 5.25. The molecule has 102 valence electrons. The number of rotatable bonds is 5. The number of ether oxygens (including phenoxy) is 1. The van der Waals surface area contributed by atoms with Crippen LogP contribution in [-0.2, 0) is 19.6 Å². The molecule has 0 amide bonds. The van der Waals surface area contributed by atoms with Crippen LogP contribution < -0.4 is 4.72 Å². The summed E-state index contributed by atoms with van der Waals surface area (Å²) >= 11 is 0. The minimum absolute atomic E-state index is 0.0976. The second kappa shape index (κ2) is 5.46. The van der Waals surface area contributed by atoms with Gasteiger partial charge in [0.25, 0.3) is 0 Å². The lowest BCUT2D eigenvalue weighted by Gasteiger charge is -2.09. The van der Waals surface area contributed by atoms with Gasteiger partial charge < -0.3 is 14.4 Å². The molecule has 1 atom stereocenters. The van der Waals surface area contributed by atoms with Crippen LogP contribution in [0.3, 0.4) is 0 Å². The van der Waals surface area contributed by atoms with Crippen molar-refractivity contribution < 1.29 is 27.6 Å². The Labute approximate surface area is 104 Å². The zero-order chi connectivity index (χ0) is 13.9. The van der Waals surface area contributed by atoms with E-state index in [0.717, 1.165) is 7.11 Å². The minimum atomic E-state index is -3.89. The molecule has 1 unspecified atom stereocenters. The van der Waals surface area contributed by atoms with E-state index >= 15 is 0 Å². The van der Waals surface area contributed by atoms with E-state index in [4.69, 9.17) is 4.52 Å². The number of aromatic nitrogens is 1. The van der Waals surface area contributed by atoms with Gasteiger partial charge >= 0.3 is 5.97 Å². The Morgan fingerprint density at radius 2 is 2.17 bits per heavy atom. The first kappa shape index (κ1) is 14.6. The number of carbonyl (C=O) groups is 1. The van der Waals surface area contributed by atoms with E-state index in [1.807, 2.05) is 0 Å². The number of aryl methyl sites for hydroxylation is 2. The lowest BCUT2D eigenvalue weighted by Crippen LogP contribution is -2.37. The van der Waals surface area contributed by atoms with E-state index in [2.05, 4.69) is 14.6 Å². The van der Waals surface area contributed by atoms with E-state index in [1.165, 1.54) is 13.8 Å². The maximum absolute atomic E-state index is 11.9. The van der Waals surface area contributed by atoms with E-state index < -0.39 is 28.6 Å². The first-order valence-corrected chi connectivity index (χ1v) is 6.46. The Kier molecular flexibility index (Phi) is 4.43. The summed E-state index contributed by atoms with van der Waals surface area (Å²) < 4.78 is 34.8. The first-order chi connectivity index (χ1) is 8.29. The van der Waals surface area contributed by atoms with Gasteiger partial charge in [-0.25, -0.2) is 17.9 Å². The number of hydrogen-bond acceptors (Lipinski definition) is 7. The summed E-state index contributed by atoms with van der Waals surface area (Å²) in [5, 5.41) is 12.8. The van der Waals surface area contributed by atoms with Crippen LogP contribution in [0.25, 0.3) is 0 Å². The molecule has 9 heteroatoms. The predicted octanol–water partition coefficient (Wildman–Crippen LogP) is -0.896. The highest BCUT2D eigenvalue weighted by Gasteiger charge is 2.26. The maximum atomic E-state index is 11.9. The summed E-state index contributed by atoms with van der Waals surface area (Å²) in [6, 6.07) is 0. The molecule has 1 aromatic rings. The number of nitrogens with zero attached hydrogens (tertiary/aromatic N) is 1. The van der Waals surface area contributed by atoms with Gasteiger partial charge in [0.2, 0.25) is 10.0 Å². The molecule has 1 aromatic heterocycles. The molecule has 0 aliphatic carbocycles. The topological polar surface area (TPSA) is 119 Å². The van der Waals surface area contributed by atoms with Crippen LogP contribution in [0.2, 0.25) is 0 Å². The molecule has 0 aliphatic heterocycles. The SMILES string of the molecule is COC(=O)C(O)CNS(=O)(=O)c1c(C)noc1C. The normalized spacial score (nSPS) is 13.3. The van der Waals surface area contributed by atoms with Crippen molar-refractivity contribution in [2.45, 2.75) is 24.8 Å². The van der Waals surface area contributed by atoms with E-state index in [-0.39, 0.29) is 16.3 Å². The summed E-state index contributed by atoms with van der Waals surface area (Å²) in [4.78, 5) is 10.8. The van der Waals surface area contributed by atoms with Gasteiger partial charge in [0, 0.05) is 6.54 Å². The molecule has 1 heterocycles. The molecular weight excluding hydrogens is 264 g/mol. The average Bonchev–Trinajstić information content (AvgIpc) is 2.65. The van der Waals surface area contributed by atoms with Crippen molar-refractivity contribution >= 4 is 16.0 Å². The van der Waals surface area contributed by atoms with Crippen molar-refractivity contribution in [1.82, 2.24) is 9.88 Å². The van der Waals surface area contributed by atoms with Gasteiger partial charge in [-0.15, -0.1) is 0 Å². The Hall–Kier alpha value is -1.45. The summed E-state index contributed by atoms with van der Waals surface area (Å²) in [6.45, 7) is 2.44. The Bertz CT molecular complexity index is 516. The van der Waals surface area contributed by atoms with Crippen LogP contribution in [0.15, 0.2) is 9.42 Å². The molecule has 0 bridgehead atoms. The van der Waals surface area contributed by atoms with Crippen molar-refractivity contribution in [3.63, 3.8) is 0 Å². The van der Waals surface area contributed by atoms with Crippen molar-refractivity contribution in [1.29, 1.82) is 0 Å². The van der Waals surface area contributed by atoms with Crippen molar-refractivity contribution in [3.8, 4) is 0 Å². The summed E-state index contributed by atoms with van der Waals surface area (Å²) in [7, 11) is -2.80. The zero-order valence-corrected chi connectivity index (χ0v) is 10.9. The number of sulfonamides is 1. The summed E-state index contributed by atoms with van der Waals surface area (Å²) in [5.41, 5.74) is 0.201. The van der Waals surface area contributed by atoms with Crippen LogP contribution in [-0.4, -0.2) is 44.4 Å². The smallest absolute Gasteiger partial charge is 0.336 e. The average molecular weight is 278 g/mol. The van der Waals surface area contributed by atoms with Crippen LogP contribution in [0, 0.1) is 13.8 Å². The second-order valence-electron chi connectivity index (χ2n) is 3.54. The fourth-order valence-electron chi connectivity index (χ4n) is 1.34. The largest absolute Gasteiger partial charge is 0.467 e. The quantitative estimate of drug-likeness (QED) is 0.670. The lowest BCUT2D eigenvalue weighted by atomic mass is 10.4. The molecular formula is C9H14N2O6S. The molecule has 0 aromatic carbocycles. The molecule has 0 aliphatic rings. The maximum Gasteiger partial charge on any atom is 0.336 e. The summed E-state index contributed by atoms with van der Waals surface area (Å²) in [6.07, 6.45) is -1.56. The summed E-state index contributed by atoms with van der Waals surface area (Å²) in [5.74, 6) is -0.788. The van der Waals surface area contributed by atoms with Gasteiger partial charge in [-0.1, -0.05) is 5.16 Å². The number of methoxy groups -OCH3 is 1. The highest BCUT2D eigenvalue weighted by atomic mass is 32.2. The lowest BCUT2D eigenvalue weighted by molar-refractivity contribution is -0.149. The number of aliphatic hydroxyl groups excluding tert-OH is 1. The first-order valence-electron chi connectivity index (χ1n) is 4.98. The van der Waals surface area contributed by atoms with Crippen LogP contribution in [0.4, 0.5) is 0 Å². The number of nitrogens with one attached hydrogen (secondary N) is 1. The van der Waals surface area contributed by atoms with Gasteiger partial charge in [0.1, 0.15) is 10.6 Å². The predicted molar refractivity (Wildman–Crippen MR) is 59.2 cm³/mol. The number of carbonyl (C=O) groups excluding carboxylic acids is 1. The molecule has 0 radical (unpaired) electrons. The number of hydrogen-bond donors (Lipinski definition) is 2. The van der Waals surface area contributed by atoms with E-state index in [0.29, 0.717) is 0 Å². The van der Waals surface area contributed by atoms with Crippen LogP contribution >= 0.6 is 0 Å². The zero-order valence-electron chi connectivity index (χ0n) is 10.1. The number of aliphatic hydroxyl groups is 1. The molecule has 1 rings (SSSR count). The van der Waals surface area contributed by atoms with Gasteiger partial charge in [-0.2, -0.15) is 0 Å². The van der Waals surface area contributed by atoms with Gasteiger partial charge in [-0.05, 0) is 13.8 Å². The van der Waals surface area contributed by atoms with Gasteiger partial charge in [0.15, 0.2) is 11.9 Å². The molecule has 0 spiro atoms. The monoisotopic (exact) mass is 278 g/mol. The molecule has 2 N–H and O–H groups in total. The van der Waals surface area contributed by atoms with E-state index in [1.54, 1.807) is 0 Å². The Balaban J connectivity index is 2.81. The third-order valence-corrected chi connectivity index (χ3v) is 3.84. The van der Waals surface area contributed by atoms with Crippen molar-refractivity contribution in [2.24, 2.45) is 0 Å². The molecule has 8 nitrogen and oxygen atoms in total. The van der Waals surface area contributed by atoms with Gasteiger partial charge in [-0.3, -0.25) is 0 Å². The Morgan fingerprint density at radius 1 is 1.56 bits per heavy atom. The van der Waals surface area contributed by atoms with Crippen molar-refractivity contribution in [2.75, 3.05) is 13.7 Å². The fourth-order valence-corrected chi connectivity index (χ4v) is 2.70. The van der Waals surface area contributed by atoms with Gasteiger partial charge in [0.05, 0.1) is 7.11 Å². The molecule has 0 fully saturated rings. The molecule has 0 saturated heterocycles. The van der Waals surface area contributed by atoms with Crippen LogP contribution in [0.5, 0.6) is 0 Å². The van der Waals surface area contributed by atoms with Crippen LogP contribution in [0.1, 0.15) is 11.5 Å². The fraction of sp³-hybridized carbons (Fsp3) is 0.556. The Morgan fingerprint density at radius 3 is 2.61 bits per heavy atom. The van der Waals surface area contributed by atoms with Crippen molar-refractivity contribution in [3.05, 3.63) is 11.5 Å². The highest BCUT2D eigenvalue weighted by molar-refractivity contribution is 7.89. The molecule has 18 heavy (non-hydrogen) atoms. The highest BCUT2D eigenvalue weighted by Crippen LogP contribution is 2.18. The third kappa shape index (κ3) is 3.06. The standard InChI is InChI=1S/C9H14N2O6S/c1-5-8(6(2)17-11-5)18(14,15)10-4-7(12)9(13)16-3/h7,10,12H,4H2,1-3H3.